The van der Waals surface area contributed by atoms with Gasteiger partial charge in [0.25, 0.3) is 5.91 Å². The van der Waals surface area contributed by atoms with Crippen LogP contribution in [0.5, 0.6) is 11.5 Å². The fourth-order valence-corrected chi connectivity index (χ4v) is 4.27. The minimum Gasteiger partial charge on any atom is -0.487 e. The van der Waals surface area contributed by atoms with Crippen LogP contribution in [-0.4, -0.2) is 39.3 Å². The van der Waals surface area contributed by atoms with E-state index in [1.807, 2.05) is 45.9 Å². The predicted molar refractivity (Wildman–Crippen MR) is 126 cm³/mol. The van der Waals surface area contributed by atoms with Gasteiger partial charge >= 0.3 is 0 Å². The fourth-order valence-electron chi connectivity index (χ4n) is 3.76. The zero-order valence-corrected chi connectivity index (χ0v) is 20.3. The molecule has 1 heterocycles. The lowest BCUT2D eigenvalue weighted by Gasteiger charge is -2.38. The maximum Gasteiger partial charge on any atom is 0.261 e. The van der Waals surface area contributed by atoms with Gasteiger partial charge in [0.2, 0.25) is 10.0 Å². The molecule has 0 spiro atoms. The smallest absolute Gasteiger partial charge is 0.261 e. The van der Waals surface area contributed by atoms with Gasteiger partial charge in [-0.05, 0) is 63.1 Å². The number of carbonyl (C=O) groups is 1. The summed E-state index contributed by atoms with van der Waals surface area (Å²) >= 11 is 0. The Kier molecular flexibility index (Phi) is 6.74. The molecule has 2 aromatic carbocycles. The quantitative estimate of drug-likeness (QED) is 0.676. The molecule has 0 fully saturated rings. The number of hydrogen-bond acceptors (Lipinski definition) is 5. The number of benzene rings is 2. The van der Waals surface area contributed by atoms with Crippen molar-refractivity contribution >= 4 is 21.6 Å². The normalized spacial score (nSPS) is 18.1. The highest BCUT2D eigenvalue weighted by Crippen LogP contribution is 2.40. The number of sulfonamides is 1. The second-order valence-electron chi connectivity index (χ2n) is 8.91. The summed E-state index contributed by atoms with van der Waals surface area (Å²) in [5.41, 5.74) is 2.19. The first-order chi connectivity index (χ1) is 14.9. The highest BCUT2D eigenvalue weighted by Gasteiger charge is 2.35. The second-order valence-corrected chi connectivity index (χ2v) is 10.9. The largest absolute Gasteiger partial charge is 0.487 e. The molecule has 1 aliphatic heterocycles. The molecule has 0 radical (unpaired) electrons. The highest BCUT2D eigenvalue weighted by molar-refractivity contribution is 7.92. The van der Waals surface area contributed by atoms with E-state index in [2.05, 4.69) is 5.32 Å². The molecule has 1 N–H and O–H groups in total. The van der Waals surface area contributed by atoms with Crippen LogP contribution < -0.4 is 19.1 Å². The van der Waals surface area contributed by atoms with Crippen LogP contribution in [0.15, 0.2) is 42.5 Å². The van der Waals surface area contributed by atoms with Crippen molar-refractivity contribution in [3.63, 3.8) is 0 Å². The van der Waals surface area contributed by atoms with Gasteiger partial charge in [-0.15, -0.1) is 0 Å². The Bertz CT molecular complexity index is 1080. The number of amides is 1. The molecular formula is C24H32N2O5S. The Hall–Kier alpha value is -2.74. The van der Waals surface area contributed by atoms with E-state index in [1.54, 1.807) is 24.3 Å². The Morgan fingerprint density at radius 1 is 1.25 bits per heavy atom. The standard InChI is InChI=1S/C24H32N2O5S/c1-7-21(30-18-11-9-17(10-12-18)26(5)32(6,28)29)23(27)25-20-15-24(3,4)31-22-14-16(2)8-13-19(20)22/h8-14,20-21H,7,15H2,1-6H3,(H,25,27)/t20-,21-/m1/s1. The second kappa shape index (κ2) is 9.02. The number of fused-ring (bicyclic) bond motifs is 1. The Morgan fingerprint density at radius 2 is 1.91 bits per heavy atom. The van der Waals surface area contributed by atoms with E-state index >= 15 is 0 Å². The summed E-state index contributed by atoms with van der Waals surface area (Å²) in [6, 6.07) is 12.5. The van der Waals surface area contributed by atoms with Crippen molar-refractivity contribution in [2.24, 2.45) is 0 Å². The number of nitrogens with zero attached hydrogens (tertiary/aromatic N) is 1. The van der Waals surface area contributed by atoms with Crippen LogP contribution in [0, 0.1) is 6.92 Å². The average molecular weight is 461 g/mol. The van der Waals surface area contributed by atoms with E-state index in [-0.39, 0.29) is 11.9 Å². The molecule has 1 aliphatic rings. The van der Waals surface area contributed by atoms with Gasteiger partial charge < -0.3 is 14.8 Å². The van der Waals surface area contributed by atoms with Crippen LogP contribution in [-0.2, 0) is 14.8 Å². The van der Waals surface area contributed by atoms with E-state index in [0.29, 0.717) is 24.3 Å². The number of nitrogens with one attached hydrogen (secondary N) is 1. The molecule has 2 atom stereocenters. The van der Waals surface area contributed by atoms with Crippen molar-refractivity contribution in [2.45, 2.75) is 58.3 Å². The zero-order chi connectivity index (χ0) is 23.7. The molecule has 3 rings (SSSR count). The number of carbonyl (C=O) groups excluding carboxylic acids is 1. The lowest BCUT2D eigenvalue weighted by atomic mass is 9.89. The number of rotatable bonds is 7. The summed E-state index contributed by atoms with van der Waals surface area (Å²) in [6.07, 6.45) is 1.61. The predicted octanol–water partition coefficient (Wildman–Crippen LogP) is 3.97. The number of hydrogen-bond donors (Lipinski definition) is 1. The number of ether oxygens (including phenoxy) is 2. The molecule has 0 saturated carbocycles. The summed E-state index contributed by atoms with van der Waals surface area (Å²) in [4.78, 5) is 13.1. The Balaban J connectivity index is 1.73. The van der Waals surface area contributed by atoms with Gasteiger partial charge in [-0.1, -0.05) is 19.1 Å². The van der Waals surface area contributed by atoms with Crippen molar-refractivity contribution in [1.29, 1.82) is 0 Å². The van der Waals surface area contributed by atoms with Crippen molar-refractivity contribution < 1.29 is 22.7 Å². The van der Waals surface area contributed by atoms with E-state index in [1.165, 1.54) is 11.4 Å². The van der Waals surface area contributed by atoms with Gasteiger partial charge in [0.1, 0.15) is 17.1 Å². The van der Waals surface area contributed by atoms with Crippen LogP contribution in [0.3, 0.4) is 0 Å². The van der Waals surface area contributed by atoms with Crippen LogP contribution in [0.25, 0.3) is 0 Å². The zero-order valence-electron chi connectivity index (χ0n) is 19.5. The molecule has 0 unspecified atom stereocenters. The Morgan fingerprint density at radius 3 is 2.50 bits per heavy atom. The van der Waals surface area contributed by atoms with Gasteiger partial charge in [-0.2, -0.15) is 0 Å². The molecule has 0 bridgehead atoms. The van der Waals surface area contributed by atoms with Crippen LogP contribution in [0.4, 0.5) is 5.69 Å². The number of anilines is 1. The molecule has 8 heteroatoms. The monoisotopic (exact) mass is 460 g/mol. The van der Waals surface area contributed by atoms with Gasteiger partial charge in [0.05, 0.1) is 18.0 Å². The third-order valence-electron chi connectivity index (χ3n) is 5.58. The van der Waals surface area contributed by atoms with Crippen molar-refractivity contribution in [3.8, 4) is 11.5 Å². The average Bonchev–Trinajstić information content (AvgIpc) is 2.70. The summed E-state index contributed by atoms with van der Waals surface area (Å²) < 4.78 is 36.6. The van der Waals surface area contributed by atoms with Crippen LogP contribution in [0.1, 0.15) is 50.8 Å². The lowest BCUT2D eigenvalue weighted by molar-refractivity contribution is -0.129. The third-order valence-corrected chi connectivity index (χ3v) is 6.79. The van der Waals surface area contributed by atoms with Gasteiger partial charge in [0, 0.05) is 19.0 Å². The minimum absolute atomic E-state index is 0.176. The van der Waals surface area contributed by atoms with Crippen LogP contribution in [0.2, 0.25) is 0 Å². The maximum absolute atomic E-state index is 13.1. The molecular weight excluding hydrogens is 428 g/mol. The molecule has 0 saturated heterocycles. The van der Waals surface area contributed by atoms with Gasteiger partial charge in [0.15, 0.2) is 6.10 Å². The summed E-state index contributed by atoms with van der Waals surface area (Å²) in [6.45, 7) is 7.93. The first-order valence-corrected chi connectivity index (χ1v) is 12.5. The molecule has 7 nitrogen and oxygen atoms in total. The minimum atomic E-state index is -3.34. The molecule has 174 valence electrons. The van der Waals surface area contributed by atoms with Crippen LogP contribution >= 0.6 is 0 Å². The van der Waals surface area contributed by atoms with E-state index in [4.69, 9.17) is 9.47 Å². The fraction of sp³-hybridized carbons (Fsp3) is 0.458. The highest BCUT2D eigenvalue weighted by atomic mass is 32.2. The van der Waals surface area contributed by atoms with Gasteiger partial charge in [-0.25, -0.2) is 8.42 Å². The topological polar surface area (TPSA) is 84.9 Å². The number of aryl methyl sites for hydroxylation is 1. The Labute approximate surface area is 190 Å². The van der Waals surface area contributed by atoms with E-state index in [9.17, 15) is 13.2 Å². The summed E-state index contributed by atoms with van der Waals surface area (Å²) in [5, 5.41) is 3.14. The first-order valence-electron chi connectivity index (χ1n) is 10.7. The molecule has 0 aromatic heterocycles. The SMILES string of the molecule is CC[C@@H](Oc1ccc(N(C)S(C)(=O)=O)cc1)C(=O)N[C@@H]1CC(C)(C)Oc2cc(C)ccc21. The molecule has 1 amide bonds. The van der Waals surface area contributed by atoms with Crippen molar-refractivity contribution in [1.82, 2.24) is 5.32 Å². The third kappa shape index (κ3) is 5.54. The molecule has 32 heavy (non-hydrogen) atoms. The molecule has 2 aromatic rings. The van der Waals surface area contributed by atoms with Crippen molar-refractivity contribution in [2.75, 3.05) is 17.6 Å². The maximum atomic E-state index is 13.1. The lowest BCUT2D eigenvalue weighted by Crippen LogP contribution is -2.45. The van der Waals surface area contributed by atoms with Gasteiger partial charge in [-0.3, -0.25) is 9.10 Å². The first kappa shape index (κ1) is 23.9. The van der Waals surface area contributed by atoms with E-state index < -0.39 is 21.7 Å². The van der Waals surface area contributed by atoms with E-state index in [0.717, 1.165) is 23.1 Å². The summed E-state index contributed by atoms with van der Waals surface area (Å²) in [7, 11) is -1.86. The summed E-state index contributed by atoms with van der Waals surface area (Å²) in [5.74, 6) is 1.10. The molecule has 0 aliphatic carbocycles. The van der Waals surface area contributed by atoms with Crippen molar-refractivity contribution in [3.05, 3.63) is 53.6 Å².